The predicted octanol–water partition coefficient (Wildman–Crippen LogP) is -19.7. The van der Waals surface area contributed by atoms with E-state index in [1.54, 1.807) is 13.8 Å². The smallest absolute Gasteiger partial charge is 0.744 e. The minimum absolute atomic E-state index is 0. The number of hydrazone groups is 2. The van der Waals surface area contributed by atoms with E-state index in [9.17, 15) is 81.3 Å². The normalized spacial score (nSPS) is 18.5. The molecule has 0 spiro atoms. The first-order chi connectivity index (χ1) is 27.5. The van der Waals surface area contributed by atoms with Crippen LogP contribution in [0.2, 0.25) is 0 Å². The topological polar surface area (TPSA) is 374 Å². The third kappa shape index (κ3) is 16.8. The number of benzene rings is 2. The molecule has 1 aliphatic carbocycles. The number of amides is 2. The van der Waals surface area contributed by atoms with Gasteiger partial charge in [0.05, 0.1) is 48.5 Å². The number of nitrogens with zero attached hydrogens (tertiary/aromatic N) is 4. The van der Waals surface area contributed by atoms with Gasteiger partial charge < -0.3 is 38.0 Å². The summed E-state index contributed by atoms with van der Waals surface area (Å²) >= 11 is 0. The Morgan fingerprint density at radius 2 is 1.02 bits per heavy atom. The Morgan fingerprint density at radius 1 is 0.606 bits per heavy atom. The molecule has 318 valence electrons. The van der Waals surface area contributed by atoms with Crippen molar-refractivity contribution in [3.63, 3.8) is 0 Å². The quantitative estimate of drug-likeness (QED) is 0.0824. The molecule has 2 heterocycles. The Morgan fingerprint density at radius 3 is 1.41 bits per heavy atom. The van der Waals surface area contributed by atoms with Crippen LogP contribution in [0.4, 0.5) is 11.4 Å². The van der Waals surface area contributed by atoms with Crippen molar-refractivity contribution in [2.75, 3.05) is 10.0 Å². The van der Waals surface area contributed by atoms with Crippen LogP contribution in [0.3, 0.4) is 0 Å². The van der Waals surface area contributed by atoms with Crippen molar-refractivity contribution in [2.24, 2.45) is 21.5 Å². The zero-order chi connectivity index (χ0) is 44.9. The number of carbonyl (C=O) groups excluding carboxylic acids is 4. The van der Waals surface area contributed by atoms with E-state index in [0.29, 0.717) is 41.3 Å². The molecule has 0 bridgehead atoms. The number of hydrogen-bond donors (Lipinski definition) is 0. The fourth-order valence-electron chi connectivity index (χ4n) is 6.22. The van der Waals surface area contributed by atoms with Gasteiger partial charge in [0, 0.05) is 0 Å². The molecule has 66 heavy (non-hydrogen) atoms. The molecule has 5 rings (SSSR count). The van der Waals surface area contributed by atoms with Gasteiger partial charge in [-0.3, -0.25) is 9.59 Å². The molecular weight excluding hydrogens is 1020 g/mol. The number of anilines is 2. The third-order valence-corrected chi connectivity index (χ3v) is 11.9. The monoisotopic (exact) mass is 1040 g/mol. The molecule has 0 saturated heterocycles. The van der Waals surface area contributed by atoms with E-state index < -0.39 is 124 Å². The molecule has 0 radical (unpaired) electrons. The van der Waals surface area contributed by atoms with Gasteiger partial charge in [-0.1, -0.05) is 55.9 Å². The number of aliphatic carboxylic acids is 2. The number of allylic oxidation sites excluding steroid dienone is 8. The van der Waals surface area contributed by atoms with E-state index in [-0.39, 0.29) is 206 Å². The molecule has 3 aliphatic rings. The molecule has 1 atom stereocenters. The minimum Gasteiger partial charge on any atom is -0.744 e. The van der Waals surface area contributed by atoms with E-state index in [1.165, 1.54) is 30.4 Å². The molecule has 2 aromatic carbocycles. The van der Waals surface area contributed by atoms with Gasteiger partial charge in [0.1, 0.15) is 57.8 Å². The van der Waals surface area contributed by atoms with Crippen LogP contribution in [-0.4, -0.2) is 87.1 Å². The summed E-state index contributed by atoms with van der Waals surface area (Å²) in [7, 11) is -21.6. The second kappa shape index (κ2) is 26.1. The fourth-order valence-corrected chi connectivity index (χ4v) is 8.51. The van der Waals surface area contributed by atoms with Crippen molar-refractivity contribution < 1.29 is 259 Å². The van der Waals surface area contributed by atoms with Gasteiger partial charge in [0.2, 0.25) is 0 Å². The zero-order valence-corrected chi connectivity index (χ0v) is 51.5. The van der Waals surface area contributed by atoms with Crippen LogP contribution in [0, 0.1) is 11.3 Å². The maximum absolute atomic E-state index is 13.7. The van der Waals surface area contributed by atoms with E-state index in [0.717, 1.165) is 12.2 Å². The van der Waals surface area contributed by atoms with Gasteiger partial charge >= 0.3 is 177 Å². The zero-order valence-electron chi connectivity index (χ0n) is 36.3. The summed E-state index contributed by atoms with van der Waals surface area (Å²) in [4.78, 5) is 46.0. The summed E-state index contributed by atoms with van der Waals surface area (Å²) < 4.78 is 140. The van der Waals surface area contributed by atoms with Crippen LogP contribution in [0.15, 0.2) is 125 Å². The number of hydrogen-bond acceptors (Lipinski definition) is 20. The molecule has 0 saturated carbocycles. The number of carbonyl (C=O) groups is 4. The second-order valence-electron chi connectivity index (χ2n) is 13.7. The average molecular weight is 1040 g/mol. The summed E-state index contributed by atoms with van der Waals surface area (Å²) in [6.45, 7) is 3.55. The average Bonchev–Trinajstić information content (AvgIpc) is 3.63. The second-order valence-corrected chi connectivity index (χ2v) is 19.2. The van der Waals surface area contributed by atoms with Crippen molar-refractivity contribution in [3.05, 3.63) is 95.6 Å². The van der Waals surface area contributed by atoms with Gasteiger partial charge in [0.25, 0.3) is 11.8 Å². The van der Waals surface area contributed by atoms with Gasteiger partial charge in [-0.25, -0.2) is 33.7 Å². The predicted molar refractivity (Wildman–Crippen MR) is 194 cm³/mol. The van der Waals surface area contributed by atoms with Crippen LogP contribution in [0.1, 0.15) is 26.7 Å². The molecule has 1 unspecified atom stereocenters. The van der Waals surface area contributed by atoms with Crippen LogP contribution >= 0.6 is 0 Å². The summed E-state index contributed by atoms with van der Waals surface area (Å²) in [5.74, 6) is -7.93. The molecule has 0 N–H and O–H groups in total. The van der Waals surface area contributed by atoms with Crippen molar-refractivity contribution in [1.29, 1.82) is 0 Å². The summed E-state index contributed by atoms with van der Waals surface area (Å²) in [5, 5.41) is 31.8. The molecular formula is C34H24N4Na6O18S4. The van der Waals surface area contributed by atoms with Crippen LogP contribution < -0.4 is 198 Å². The molecule has 22 nitrogen and oxygen atoms in total. The first kappa shape index (κ1) is 68.1. The van der Waals surface area contributed by atoms with E-state index >= 15 is 0 Å². The fraction of sp³-hybridized carbons (Fsp3) is 0.176. The van der Waals surface area contributed by atoms with Crippen LogP contribution in [-0.2, 0) is 59.7 Å². The number of rotatable bonds is 12. The maximum Gasteiger partial charge on any atom is 1.00 e. The Kier molecular flexibility index (Phi) is 26.9. The van der Waals surface area contributed by atoms with Gasteiger partial charge in [-0.05, 0) is 66.3 Å². The summed E-state index contributed by atoms with van der Waals surface area (Å²) in [6, 6.07) is 2.62. The third-order valence-electron chi connectivity index (χ3n) is 8.60. The number of carboxylic acids is 2. The van der Waals surface area contributed by atoms with Crippen LogP contribution in [0.5, 0.6) is 0 Å². The van der Waals surface area contributed by atoms with Crippen molar-refractivity contribution in [2.45, 2.75) is 46.3 Å². The van der Waals surface area contributed by atoms with Crippen LogP contribution in [0.25, 0.3) is 0 Å². The Labute approximate surface area is 511 Å². The van der Waals surface area contributed by atoms with Crippen molar-refractivity contribution in [1.82, 2.24) is 0 Å². The van der Waals surface area contributed by atoms with E-state index in [4.69, 9.17) is 0 Å². The Hall–Kier alpha value is 0. The first-order valence-corrected chi connectivity index (χ1v) is 22.0. The van der Waals surface area contributed by atoms with Crippen molar-refractivity contribution >= 4 is 87.0 Å². The molecule has 2 aromatic rings. The van der Waals surface area contributed by atoms with Gasteiger partial charge in [-0.2, -0.15) is 20.2 Å². The number of carboxylic acid groups (broad SMARTS) is 2. The maximum atomic E-state index is 13.7. The molecule has 0 aromatic heterocycles. The molecule has 2 amide bonds. The van der Waals surface area contributed by atoms with Gasteiger partial charge in [0.15, 0.2) is 0 Å². The standard InChI is InChI=1S/C34H30N4O18S4.6Na/c1-34(2)16-18(9-19(17-34)27-29(33(43)44)36-38(31(27)40)21-12-24(59(51,52)53)15-25(13-21)60(54,55)56)7-5-3-4-6-8-26-28(32(41)42)35-37(30(26)39)20-10-22(57(45,46)47)14-23(11-20)58(48,49)50;;;;;;/h3-15,27H,16-17H2,1-2H3,(H,41,42)(H,43,44)(H,45,46,47)(H,48,49,50)(H,51,52,53)(H,54,55,56);;;;;;/q;6*+1/p-6/b5-3+,6-4+,18-7-,26-8-;;;;;;. The van der Waals surface area contributed by atoms with Gasteiger partial charge in [-0.15, -0.1) is 0 Å². The SMILES string of the molecule is CC1(C)CC(C2C(=O)N(c3cc(S(=O)(=O)[O-])cc(S(=O)(=O)[O-])c3)N=C2C(=O)[O-])=C/C(=C/C=C/C=C/C=C2\C(=O)N(c3cc(S(=O)(=O)[O-])cc(S(=O)(=O)[O-])c3)N=C2C(=O)[O-])C1.[Na+].[Na+].[Na+].[Na+].[Na+].[Na+]. The molecule has 0 fully saturated rings. The first-order valence-electron chi connectivity index (χ1n) is 16.3. The molecule has 32 heteroatoms. The largest absolute Gasteiger partial charge is 1.00 e. The minimum atomic E-state index is -5.39. The van der Waals surface area contributed by atoms with Crippen molar-refractivity contribution in [3.8, 4) is 0 Å². The Bertz CT molecular complexity index is 2890. The van der Waals surface area contributed by atoms with E-state index in [1.807, 2.05) is 0 Å². The van der Waals surface area contributed by atoms with E-state index in [2.05, 4.69) is 10.2 Å². The molecule has 2 aliphatic heterocycles. The summed E-state index contributed by atoms with van der Waals surface area (Å²) in [5.41, 5.74) is -3.88. The summed E-state index contributed by atoms with van der Waals surface area (Å²) in [6.07, 6.45) is 9.71. The Balaban J connectivity index is 0.